The molecule has 1 saturated heterocycles. The van der Waals surface area contributed by atoms with E-state index in [9.17, 15) is 9.90 Å². The summed E-state index contributed by atoms with van der Waals surface area (Å²) in [5.74, 6) is 0. The van der Waals surface area contributed by atoms with Gasteiger partial charge in [-0.25, -0.2) is 4.79 Å². The molecule has 5 heteroatoms. The summed E-state index contributed by atoms with van der Waals surface area (Å²) < 4.78 is 5.57. The second-order valence-electron chi connectivity index (χ2n) is 7.79. The number of rotatable bonds is 1. The Bertz CT molecular complexity index is 597. The highest BCUT2D eigenvalue weighted by Gasteiger charge is 2.40. The molecule has 0 radical (unpaired) electrons. The molecule has 2 heterocycles. The lowest BCUT2D eigenvalue weighted by Crippen LogP contribution is -2.61. The Balaban J connectivity index is 1.79. The Labute approximate surface area is 144 Å². The van der Waals surface area contributed by atoms with Crippen molar-refractivity contribution in [1.82, 2.24) is 9.80 Å². The molecule has 0 aromatic heterocycles. The van der Waals surface area contributed by atoms with E-state index < -0.39 is 11.7 Å². The van der Waals surface area contributed by atoms with Crippen molar-refractivity contribution >= 4 is 6.09 Å². The molecule has 1 aromatic carbocycles. The lowest BCUT2D eigenvalue weighted by Gasteiger charge is -2.46. The summed E-state index contributed by atoms with van der Waals surface area (Å²) >= 11 is 0. The van der Waals surface area contributed by atoms with E-state index in [2.05, 4.69) is 23.1 Å². The van der Waals surface area contributed by atoms with Crippen LogP contribution in [0.25, 0.3) is 0 Å². The first kappa shape index (κ1) is 17.2. The molecule has 2 aliphatic heterocycles. The number of benzene rings is 1. The number of carbonyl (C=O) groups excluding carboxylic acids is 1. The van der Waals surface area contributed by atoms with Crippen molar-refractivity contribution in [3.63, 3.8) is 0 Å². The fraction of sp³-hybridized carbons (Fsp3) is 0.632. The Morgan fingerprint density at radius 3 is 2.62 bits per heavy atom. The molecule has 0 bridgehead atoms. The number of amides is 1. The van der Waals surface area contributed by atoms with Gasteiger partial charge in [0.25, 0.3) is 0 Å². The Hall–Kier alpha value is -1.59. The van der Waals surface area contributed by atoms with Crippen LogP contribution in [-0.2, 0) is 17.7 Å². The first-order valence-corrected chi connectivity index (χ1v) is 8.84. The molecular formula is C19H28N2O3. The predicted octanol–water partition coefficient (Wildman–Crippen LogP) is 2.76. The second-order valence-corrected chi connectivity index (χ2v) is 7.79. The van der Waals surface area contributed by atoms with Gasteiger partial charge in [-0.15, -0.1) is 0 Å². The van der Waals surface area contributed by atoms with E-state index in [1.807, 2.05) is 26.8 Å². The maximum atomic E-state index is 12.6. The number of hydrogen-bond donors (Lipinski definition) is 1. The van der Waals surface area contributed by atoms with Gasteiger partial charge in [-0.05, 0) is 51.2 Å². The Kier molecular flexibility index (Phi) is 4.83. The van der Waals surface area contributed by atoms with Gasteiger partial charge in [-0.3, -0.25) is 9.80 Å². The van der Waals surface area contributed by atoms with E-state index in [1.54, 1.807) is 4.90 Å². The van der Waals surface area contributed by atoms with Gasteiger partial charge >= 0.3 is 6.09 Å². The van der Waals surface area contributed by atoms with E-state index >= 15 is 0 Å². The first-order valence-electron chi connectivity index (χ1n) is 8.84. The van der Waals surface area contributed by atoms with Crippen molar-refractivity contribution < 1.29 is 14.6 Å². The number of aliphatic hydroxyl groups is 1. The standard InChI is InChI=1S/C19H28N2O3/c1-19(2,3)24-18(23)21-11-6-9-16(22)17(21)20-12-10-14-7-4-5-8-15(14)13-20/h4-5,7-8,16-17,22H,6,9-13H2,1-3H3. The molecule has 0 saturated carbocycles. The molecule has 1 amide bonds. The number of carbonyl (C=O) groups is 1. The van der Waals surface area contributed by atoms with Crippen molar-refractivity contribution in [2.75, 3.05) is 13.1 Å². The van der Waals surface area contributed by atoms with Gasteiger partial charge in [-0.2, -0.15) is 0 Å². The van der Waals surface area contributed by atoms with Crippen molar-refractivity contribution in [3.05, 3.63) is 35.4 Å². The van der Waals surface area contributed by atoms with Crippen LogP contribution in [0.3, 0.4) is 0 Å². The lowest BCUT2D eigenvalue weighted by molar-refractivity contribution is -0.0830. The molecule has 3 rings (SSSR count). The van der Waals surface area contributed by atoms with Gasteiger partial charge in [0.2, 0.25) is 0 Å². The van der Waals surface area contributed by atoms with Crippen LogP contribution in [0.5, 0.6) is 0 Å². The number of aliphatic hydroxyl groups excluding tert-OH is 1. The highest BCUT2D eigenvalue weighted by atomic mass is 16.6. The molecule has 2 unspecified atom stereocenters. The normalized spacial score (nSPS) is 25.2. The molecule has 0 aliphatic carbocycles. The zero-order chi connectivity index (χ0) is 17.3. The average molecular weight is 332 g/mol. The Morgan fingerprint density at radius 2 is 1.92 bits per heavy atom. The molecule has 5 nitrogen and oxygen atoms in total. The topological polar surface area (TPSA) is 53.0 Å². The maximum Gasteiger partial charge on any atom is 0.411 e. The number of ether oxygens (including phenoxy) is 1. The highest BCUT2D eigenvalue weighted by molar-refractivity contribution is 5.68. The van der Waals surface area contributed by atoms with Gasteiger partial charge in [0.15, 0.2) is 0 Å². The average Bonchev–Trinajstić information content (AvgIpc) is 2.52. The third-order valence-corrected chi connectivity index (χ3v) is 4.72. The van der Waals surface area contributed by atoms with Crippen LogP contribution in [0, 0.1) is 0 Å². The van der Waals surface area contributed by atoms with Gasteiger partial charge < -0.3 is 9.84 Å². The molecular weight excluding hydrogens is 304 g/mol. The molecule has 132 valence electrons. The van der Waals surface area contributed by atoms with Crippen molar-refractivity contribution in [3.8, 4) is 0 Å². The summed E-state index contributed by atoms with van der Waals surface area (Å²) in [6.45, 7) is 7.86. The molecule has 1 aromatic rings. The monoisotopic (exact) mass is 332 g/mol. The fourth-order valence-corrected chi connectivity index (χ4v) is 3.66. The van der Waals surface area contributed by atoms with Crippen LogP contribution in [-0.4, -0.2) is 52.0 Å². The zero-order valence-corrected chi connectivity index (χ0v) is 14.9. The van der Waals surface area contributed by atoms with Crippen LogP contribution < -0.4 is 0 Å². The van der Waals surface area contributed by atoms with E-state index in [0.717, 1.165) is 32.4 Å². The van der Waals surface area contributed by atoms with E-state index in [1.165, 1.54) is 11.1 Å². The second kappa shape index (κ2) is 6.73. The van der Waals surface area contributed by atoms with Gasteiger partial charge in [0, 0.05) is 19.6 Å². The highest BCUT2D eigenvalue weighted by Crippen LogP contribution is 2.28. The summed E-state index contributed by atoms with van der Waals surface area (Å²) in [6.07, 6.45) is 1.31. The molecule has 0 spiro atoms. The zero-order valence-electron chi connectivity index (χ0n) is 14.9. The van der Waals surface area contributed by atoms with Crippen LogP contribution in [0.15, 0.2) is 24.3 Å². The summed E-state index contributed by atoms with van der Waals surface area (Å²) in [7, 11) is 0. The van der Waals surface area contributed by atoms with E-state index in [-0.39, 0.29) is 12.3 Å². The van der Waals surface area contributed by atoms with Crippen LogP contribution >= 0.6 is 0 Å². The van der Waals surface area contributed by atoms with Gasteiger partial charge in [0.05, 0.1) is 6.10 Å². The summed E-state index contributed by atoms with van der Waals surface area (Å²) in [5, 5.41) is 10.6. The number of piperidine rings is 1. The SMILES string of the molecule is CC(C)(C)OC(=O)N1CCCC(O)C1N1CCc2ccccc2C1. The lowest BCUT2D eigenvalue weighted by atomic mass is 9.96. The first-order chi connectivity index (χ1) is 11.3. The summed E-state index contributed by atoms with van der Waals surface area (Å²) in [6, 6.07) is 8.41. The number of hydrogen-bond acceptors (Lipinski definition) is 4. The molecule has 1 N–H and O–H groups in total. The minimum atomic E-state index is -0.531. The number of nitrogens with zero attached hydrogens (tertiary/aromatic N) is 2. The number of fused-ring (bicyclic) bond motifs is 1. The van der Waals surface area contributed by atoms with Crippen LogP contribution in [0.4, 0.5) is 4.79 Å². The largest absolute Gasteiger partial charge is 0.444 e. The molecule has 24 heavy (non-hydrogen) atoms. The van der Waals surface area contributed by atoms with Crippen LogP contribution in [0.1, 0.15) is 44.7 Å². The smallest absolute Gasteiger partial charge is 0.411 e. The molecule has 2 aliphatic rings. The third-order valence-electron chi connectivity index (χ3n) is 4.72. The quantitative estimate of drug-likeness (QED) is 0.859. The van der Waals surface area contributed by atoms with E-state index in [0.29, 0.717) is 6.54 Å². The minimum Gasteiger partial charge on any atom is -0.444 e. The fourth-order valence-electron chi connectivity index (χ4n) is 3.66. The van der Waals surface area contributed by atoms with Crippen molar-refractivity contribution in [2.45, 2.75) is 64.4 Å². The van der Waals surface area contributed by atoms with Gasteiger partial charge in [-0.1, -0.05) is 24.3 Å². The maximum absolute atomic E-state index is 12.6. The molecule has 1 fully saturated rings. The Morgan fingerprint density at radius 1 is 1.21 bits per heavy atom. The van der Waals surface area contributed by atoms with Crippen LogP contribution in [0.2, 0.25) is 0 Å². The van der Waals surface area contributed by atoms with E-state index in [4.69, 9.17) is 4.74 Å². The van der Waals surface area contributed by atoms with Crippen molar-refractivity contribution in [2.24, 2.45) is 0 Å². The predicted molar refractivity (Wildman–Crippen MR) is 92.5 cm³/mol. The summed E-state index contributed by atoms with van der Waals surface area (Å²) in [5.41, 5.74) is 2.12. The summed E-state index contributed by atoms with van der Waals surface area (Å²) in [4.78, 5) is 16.6. The van der Waals surface area contributed by atoms with Crippen molar-refractivity contribution in [1.29, 1.82) is 0 Å². The minimum absolute atomic E-state index is 0.304. The number of likely N-dealkylation sites (tertiary alicyclic amines) is 1. The molecule has 2 atom stereocenters. The third kappa shape index (κ3) is 3.73. The van der Waals surface area contributed by atoms with Gasteiger partial charge in [0.1, 0.15) is 11.8 Å².